The summed E-state index contributed by atoms with van der Waals surface area (Å²) >= 11 is 0. The Balaban J connectivity index is 2.22. The van der Waals surface area contributed by atoms with Crippen LogP contribution < -0.4 is 4.74 Å². The maximum Gasteiger partial charge on any atom is 0.309 e. The van der Waals surface area contributed by atoms with Gasteiger partial charge in [0, 0.05) is 6.20 Å². The van der Waals surface area contributed by atoms with Gasteiger partial charge in [0.1, 0.15) is 0 Å². The van der Waals surface area contributed by atoms with Gasteiger partial charge in [0.15, 0.2) is 0 Å². The summed E-state index contributed by atoms with van der Waals surface area (Å²) in [6, 6.07) is 1.61. The Morgan fingerprint density at radius 3 is 2.68 bits per heavy atom. The fraction of sp³-hybridized carbons (Fsp3) is 0.579. The smallest absolute Gasteiger partial charge is 0.309 e. The van der Waals surface area contributed by atoms with Gasteiger partial charge in [-0.25, -0.2) is 13.8 Å². The number of nitrogens with zero attached hydrogens (tertiary/aromatic N) is 1. The van der Waals surface area contributed by atoms with E-state index in [9.17, 15) is 13.6 Å². The zero-order valence-electron chi connectivity index (χ0n) is 14.9. The third-order valence-corrected chi connectivity index (χ3v) is 4.76. The number of allylic oxidation sites excluding steroid dienone is 2. The Morgan fingerprint density at radius 1 is 1.40 bits per heavy atom. The third kappa shape index (κ3) is 4.35. The van der Waals surface area contributed by atoms with Crippen molar-refractivity contribution in [1.29, 1.82) is 0 Å². The molecular weight excluding hydrogens is 328 g/mol. The van der Waals surface area contributed by atoms with Crippen molar-refractivity contribution >= 4 is 11.5 Å². The minimum absolute atomic E-state index is 0.0338. The van der Waals surface area contributed by atoms with Gasteiger partial charge in [-0.3, -0.25) is 4.79 Å². The number of methoxy groups -OCH3 is 1. The summed E-state index contributed by atoms with van der Waals surface area (Å²) in [6.45, 7) is 4.15. The van der Waals surface area contributed by atoms with Crippen molar-refractivity contribution in [2.24, 2.45) is 11.8 Å². The summed E-state index contributed by atoms with van der Waals surface area (Å²) < 4.78 is 37.1. The molecule has 0 aromatic carbocycles. The average molecular weight is 353 g/mol. The normalized spacial score (nSPS) is 18.6. The molecule has 2 rings (SSSR count). The molecule has 6 heteroatoms. The molecule has 2 atom stereocenters. The van der Waals surface area contributed by atoms with E-state index in [1.807, 2.05) is 13.0 Å². The van der Waals surface area contributed by atoms with E-state index in [0.717, 1.165) is 18.4 Å². The van der Waals surface area contributed by atoms with Gasteiger partial charge in [-0.15, -0.1) is 0 Å². The second-order valence-corrected chi connectivity index (χ2v) is 6.11. The van der Waals surface area contributed by atoms with Crippen LogP contribution in [0.3, 0.4) is 0 Å². The lowest BCUT2D eigenvalue weighted by Gasteiger charge is -2.28. The van der Waals surface area contributed by atoms with Gasteiger partial charge >= 0.3 is 5.97 Å². The molecule has 1 aromatic heterocycles. The number of halogens is 2. The topological polar surface area (TPSA) is 48.4 Å². The average Bonchev–Trinajstić information content (AvgIpc) is 2.62. The number of pyridine rings is 1. The highest BCUT2D eigenvalue weighted by Crippen LogP contribution is 2.40. The van der Waals surface area contributed by atoms with Gasteiger partial charge < -0.3 is 9.47 Å². The van der Waals surface area contributed by atoms with E-state index in [4.69, 9.17) is 9.47 Å². The van der Waals surface area contributed by atoms with Crippen LogP contribution in [0.2, 0.25) is 0 Å². The number of ether oxygens (including phenoxy) is 2. The van der Waals surface area contributed by atoms with Crippen LogP contribution in [0, 0.1) is 11.8 Å². The minimum Gasteiger partial charge on any atom is -0.481 e. The predicted octanol–water partition coefficient (Wildman–Crippen LogP) is 4.80. The Hall–Kier alpha value is -1.98. The van der Waals surface area contributed by atoms with Crippen LogP contribution in [0.4, 0.5) is 8.78 Å². The third-order valence-electron chi connectivity index (χ3n) is 4.76. The van der Waals surface area contributed by atoms with Crippen LogP contribution in [-0.4, -0.2) is 24.7 Å². The molecule has 1 heterocycles. The van der Waals surface area contributed by atoms with E-state index in [0.29, 0.717) is 25.0 Å². The molecule has 4 nitrogen and oxygen atoms in total. The van der Waals surface area contributed by atoms with E-state index in [2.05, 4.69) is 4.98 Å². The van der Waals surface area contributed by atoms with Crippen LogP contribution in [0.5, 0.6) is 5.88 Å². The highest BCUT2D eigenvalue weighted by Gasteiger charge is 2.30. The van der Waals surface area contributed by atoms with Gasteiger partial charge in [0.25, 0.3) is 6.43 Å². The molecule has 0 radical (unpaired) electrons. The summed E-state index contributed by atoms with van der Waals surface area (Å²) in [6.07, 6.45) is 3.62. The van der Waals surface area contributed by atoms with Gasteiger partial charge in [-0.05, 0) is 55.7 Å². The fourth-order valence-corrected chi connectivity index (χ4v) is 3.51. The zero-order valence-corrected chi connectivity index (χ0v) is 14.9. The van der Waals surface area contributed by atoms with Crippen molar-refractivity contribution in [3.8, 4) is 5.88 Å². The molecule has 0 fully saturated rings. The van der Waals surface area contributed by atoms with Gasteiger partial charge in [-0.2, -0.15) is 0 Å². The maximum atomic E-state index is 13.5. The Labute approximate surface area is 147 Å². The van der Waals surface area contributed by atoms with E-state index in [1.54, 1.807) is 13.0 Å². The lowest BCUT2D eigenvalue weighted by atomic mass is 9.78. The number of aromatic nitrogens is 1. The Morgan fingerprint density at radius 2 is 2.16 bits per heavy atom. The molecule has 0 bridgehead atoms. The van der Waals surface area contributed by atoms with Crippen LogP contribution in [0.15, 0.2) is 18.3 Å². The molecule has 0 aliphatic heterocycles. The quantitative estimate of drug-likeness (QED) is 0.661. The molecule has 0 spiro atoms. The molecule has 0 saturated heterocycles. The molecule has 1 aromatic rings. The van der Waals surface area contributed by atoms with Crippen LogP contribution in [0.1, 0.15) is 57.1 Å². The van der Waals surface area contributed by atoms with Gasteiger partial charge in [0.2, 0.25) is 5.88 Å². The largest absolute Gasteiger partial charge is 0.481 e. The first-order valence-electron chi connectivity index (χ1n) is 8.70. The molecule has 1 aliphatic carbocycles. The highest BCUT2D eigenvalue weighted by molar-refractivity contribution is 5.74. The van der Waals surface area contributed by atoms with Crippen molar-refractivity contribution < 1.29 is 23.0 Å². The number of hydrogen-bond acceptors (Lipinski definition) is 4. The lowest BCUT2D eigenvalue weighted by molar-refractivity contribution is -0.150. The first kappa shape index (κ1) is 19.3. The molecule has 2 unspecified atom stereocenters. The zero-order chi connectivity index (χ0) is 18.4. The number of hydrogen-bond donors (Lipinski definition) is 0. The van der Waals surface area contributed by atoms with E-state index >= 15 is 0 Å². The van der Waals surface area contributed by atoms with Gasteiger partial charge in [-0.1, -0.05) is 13.0 Å². The van der Waals surface area contributed by atoms with E-state index < -0.39 is 6.43 Å². The molecule has 0 N–H and O–H groups in total. The van der Waals surface area contributed by atoms with Gasteiger partial charge in [0.05, 0.1) is 25.2 Å². The van der Waals surface area contributed by atoms with Crippen LogP contribution >= 0.6 is 0 Å². The highest BCUT2D eigenvalue weighted by atomic mass is 19.3. The first-order chi connectivity index (χ1) is 12.0. The molecule has 138 valence electrons. The predicted molar refractivity (Wildman–Crippen MR) is 91.5 cm³/mol. The molecule has 0 saturated carbocycles. The summed E-state index contributed by atoms with van der Waals surface area (Å²) in [5, 5.41) is 0. The molecule has 25 heavy (non-hydrogen) atoms. The second kappa shape index (κ2) is 8.92. The maximum absolute atomic E-state index is 13.5. The number of esters is 1. The number of carbonyl (C=O) groups is 1. The molecule has 0 amide bonds. The minimum atomic E-state index is -2.65. The Kier molecular flexibility index (Phi) is 6.91. The molecule has 1 aliphatic rings. The van der Waals surface area contributed by atoms with Crippen molar-refractivity contribution in [2.45, 2.75) is 46.0 Å². The summed E-state index contributed by atoms with van der Waals surface area (Å²) in [4.78, 5) is 16.0. The van der Waals surface area contributed by atoms with E-state index in [1.165, 1.54) is 13.3 Å². The SMILES string of the molecule is CCOC(=O)C(CC)C1CC=C(c2ccnc(OC)c2C(F)F)CC1. The van der Waals surface area contributed by atoms with Crippen molar-refractivity contribution in [3.05, 3.63) is 29.5 Å². The van der Waals surface area contributed by atoms with Crippen LogP contribution in [-0.2, 0) is 9.53 Å². The molecular formula is C19H25F2NO3. The number of alkyl halides is 2. The van der Waals surface area contributed by atoms with E-state index in [-0.39, 0.29) is 29.2 Å². The van der Waals surface area contributed by atoms with Crippen LogP contribution in [0.25, 0.3) is 5.57 Å². The number of rotatable bonds is 7. The monoisotopic (exact) mass is 353 g/mol. The van der Waals surface area contributed by atoms with Crippen molar-refractivity contribution in [3.63, 3.8) is 0 Å². The summed E-state index contributed by atoms with van der Waals surface area (Å²) in [5.74, 6) is -0.148. The summed E-state index contributed by atoms with van der Waals surface area (Å²) in [7, 11) is 1.34. The summed E-state index contributed by atoms with van der Waals surface area (Å²) in [5.41, 5.74) is 1.20. The lowest BCUT2D eigenvalue weighted by Crippen LogP contribution is -2.26. The number of carbonyl (C=O) groups excluding carboxylic acids is 1. The van der Waals surface area contributed by atoms with Crippen molar-refractivity contribution in [1.82, 2.24) is 4.98 Å². The second-order valence-electron chi connectivity index (χ2n) is 6.11. The fourth-order valence-electron chi connectivity index (χ4n) is 3.51. The van der Waals surface area contributed by atoms with Crippen molar-refractivity contribution in [2.75, 3.05) is 13.7 Å². The Bertz CT molecular complexity index is 631. The standard InChI is InChI=1S/C19H25F2NO3/c1-4-14(19(23)25-5-2)12-6-8-13(9-7-12)15-10-11-22-18(24-3)16(15)17(20)21/h8,10-12,14,17H,4-7,9H2,1-3H3. The first-order valence-corrected chi connectivity index (χ1v) is 8.70.